The van der Waals surface area contributed by atoms with Crippen molar-refractivity contribution in [2.45, 2.75) is 18.9 Å². The van der Waals surface area contributed by atoms with Gasteiger partial charge in [-0.2, -0.15) is 11.8 Å². The van der Waals surface area contributed by atoms with E-state index in [-0.39, 0.29) is 18.4 Å². The van der Waals surface area contributed by atoms with Crippen LogP contribution in [-0.4, -0.2) is 48.0 Å². The van der Waals surface area contributed by atoms with E-state index in [4.69, 9.17) is 4.74 Å². The zero-order valence-electron chi connectivity index (χ0n) is 17.0. The lowest BCUT2D eigenvalue weighted by atomic mass is 10.1. The second-order valence-corrected chi connectivity index (χ2v) is 7.89. The van der Waals surface area contributed by atoms with Crippen LogP contribution in [0.25, 0.3) is 10.9 Å². The van der Waals surface area contributed by atoms with Crippen LogP contribution in [0.3, 0.4) is 0 Å². The summed E-state index contributed by atoms with van der Waals surface area (Å²) in [6.07, 6.45) is 5.24. The maximum Gasteiger partial charge on any atom is 0.258 e. The summed E-state index contributed by atoms with van der Waals surface area (Å²) in [5.74, 6) is 0.922. The number of hydrogen-bond donors (Lipinski definition) is 3. The summed E-state index contributed by atoms with van der Waals surface area (Å²) in [5.41, 5.74) is 2.24. The van der Waals surface area contributed by atoms with Gasteiger partial charge in [0, 0.05) is 23.6 Å². The van der Waals surface area contributed by atoms with Crippen LogP contribution >= 0.6 is 11.8 Å². The molecule has 6 nitrogen and oxygen atoms in total. The molecule has 2 aromatic carbocycles. The SMILES string of the molecule is CSCCC(NC(=O)COc1ccccc1)C(=O)NCCc1c[nH]c2ccccc12. The molecule has 7 heteroatoms. The summed E-state index contributed by atoms with van der Waals surface area (Å²) in [4.78, 5) is 28.2. The van der Waals surface area contributed by atoms with Gasteiger partial charge in [-0.1, -0.05) is 36.4 Å². The summed E-state index contributed by atoms with van der Waals surface area (Å²) in [6.45, 7) is 0.384. The standard InChI is InChI=1S/C23H27N3O3S/c1-30-14-12-21(26-22(27)16-29-18-7-3-2-4-8-18)23(28)24-13-11-17-15-25-20-10-6-5-9-19(17)20/h2-10,15,21,25H,11-14,16H2,1H3,(H,24,28)(H,26,27). The second-order valence-electron chi connectivity index (χ2n) is 6.90. The van der Waals surface area contributed by atoms with Crippen molar-refractivity contribution in [1.29, 1.82) is 0 Å². The molecule has 30 heavy (non-hydrogen) atoms. The Balaban J connectivity index is 1.49. The van der Waals surface area contributed by atoms with E-state index < -0.39 is 6.04 Å². The number of benzene rings is 2. The van der Waals surface area contributed by atoms with Crippen molar-refractivity contribution in [2.75, 3.05) is 25.2 Å². The quantitative estimate of drug-likeness (QED) is 0.441. The molecule has 1 atom stereocenters. The number of aromatic nitrogens is 1. The largest absolute Gasteiger partial charge is 0.484 e. The summed E-state index contributed by atoms with van der Waals surface area (Å²) in [6, 6.07) is 16.7. The Morgan fingerprint density at radius 1 is 1.10 bits per heavy atom. The molecule has 1 aromatic heterocycles. The molecule has 2 amide bonds. The lowest BCUT2D eigenvalue weighted by Gasteiger charge is -2.18. The van der Waals surface area contributed by atoms with Crippen molar-refractivity contribution in [3.63, 3.8) is 0 Å². The highest BCUT2D eigenvalue weighted by molar-refractivity contribution is 7.98. The molecular weight excluding hydrogens is 398 g/mol. The monoisotopic (exact) mass is 425 g/mol. The van der Waals surface area contributed by atoms with Crippen molar-refractivity contribution in [3.8, 4) is 5.75 Å². The molecule has 3 N–H and O–H groups in total. The number of aromatic amines is 1. The van der Waals surface area contributed by atoms with E-state index in [2.05, 4.69) is 21.7 Å². The van der Waals surface area contributed by atoms with Crippen LogP contribution in [0.4, 0.5) is 0 Å². The van der Waals surface area contributed by atoms with Gasteiger partial charge in [0.25, 0.3) is 5.91 Å². The number of rotatable bonds is 11. The molecule has 0 bridgehead atoms. The number of amides is 2. The second kappa shape index (κ2) is 11.3. The first-order valence-electron chi connectivity index (χ1n) is 9.96. The molecule has 0 saturated heterocycles. The third-order valence-corrected chi connectivity index (χ3v) is 5.39. The van der Waals surface area contributed by atoms with Gasteiger partial charge >= 0.3 is 0 Å². The highest BCUT2D eigenvalue weighted by atomic mass is 32.2. The minimum Gasteiger partial charge on any atom is -0.484 e. The van der Waals surface area contributed by atoms with Gasteiger partial charge in [-0.25, -0.2) is 0 Å². The fourth-order valence-electron chi connectivity index (χ4n) is 3.19. The van der Waals surface area contributed by atoms with Gasteiger partial charge in [-0.3, -0.25) is 9.59 Å². The topological polar surface area (TPSA) is 83.2 Å². The Bertz CT molecular complexity index is 958. The first-order valence-corrected chi connectivity index (χ1v) is 11.4. The number of fused-ring (bicyclic) bond motifs is 1. The van der Waals surface area contributed by atoms with Crippen LogP contribution in [0.2, 0.25) is 0 Å². The van der Waals surface area contributed by atoms with Crippen molar-refractivity contribution in [1.82, 2.24) is 15.6 Å². The van der Waals surface area contributed by atoms with Crippen LogP contribution in [0.5, 0.6) is 5.75 Å². The number of nitrogens with one attached hydrogen (secondary N) is 3. The average Bonchev–Trinajstić information content (AvgIpc) is 3.19. The van der Waals surface area contributed by atoms with Gasteiger partial charge in [0.2, 0.25) is 5.91 Å². The molecule has 158 valence electrons. The molecule has 0 fully saturated rings. The summed E-state index contributed by atoms with van der Waals surface area (Å²) >= 11 is 1.64. The Kier molecular flexibility index (Phi) is 8.20. The summed E-state index contributed by atoms with van der Waals surface area (Å²) in [5, 5.41) is 6.92. The maximum absolute atomic E-state index is 12.7. The van der Waals surface area contributed by atoms with Crippen molar-refractivity contribution in [3.05, 3.63) is 66.4 Å². The van der Waals surface area contributed by atoms with Crippen LogP contribution in [0.1, 0.15) is 12.0 Å². The zero-order chi connectivity index (χ0) is 21.2. The minimum absolute atomic E-state index is 0.123. The lowest BCUT2D eigenvalue weighted by Crippen LogP contribution is -2.48. The van der Waals surface area contributed by atoms with Gasteiger partial charge in [-0.05, 0) is 48.6 Å². The number of H-pyrrole nitrogens is 1. The van der Waals surface area contributed by atoms with E-state index >= 15 is 0 Å². The number of para-hydroxylation sites is 2. The number of carbonyl (C=O) groups excluding carboxylic acids is 2. The Hall–Kier alpha value is -2.93. The van der Waals surface area contributed by atoms with E-state index in [1.54, 1.807) is 23.9 Å². The predicted octanol–water partition coefficient (Wildman–Crippen LogP) is 3.14. The number of carbonyl (C=O) groups is 2. The van der Waals surface area contributed by atoms with Crippen molar-refractivity contribution in [2.24, 2.45) is 0 Å². The van der Waals surface area contributed by atoms with Crippen LogP contribution in [0, 0.1) is 0 Å². The highest BCUT2D eigenvalue weighted by Gasteiger charge is 2.20. The van der Waals surface area contributed by atoms with Gasteiger partial charge in [-0.15, -0.1) is 0 Å². The number of thioether (sulfide) groups is 1. The highest BCUT2D eigenvalue weighted by Crippen LogP contribution is 2.17. The normalized spacial score (nSPS) is 11.8. The zero-order valence-corrected chi connectivity index (χ0v) is 17.8. The molecule has 0 spiro atoms. The van der Waals surface area contributed by atoms with Gasteiger partial charge in [0.05, 0.1) is 0 Å². The molecule has 0 aliphatic rings. The molecule has 0 saturated carbocycles. The molecule has 3 aromatic rings. The predicted molar refractivity (Wildman–Crippen MR) is 122 cm³/mol. The fourth-order valence-corrected chi connectivity index (χ4v) is 3.66. The average molecular weight is 426 g/mol. The van der Waals surface area contributed by atoms with Gasteiger partial charge in [0.15, 0.2) is 6.61 Å². The van der Waals surface area contributed by atoms with E-state index in [0.29, 0.717) is 18.7 Å². The third-order valence-electron chi connectivity index (χ3n) is 4.74. The lowest BCUT2D eigenvalue weighted by molar-refractivity contribution is -0.130. The molecule has 0 radical (unpaired) electrons. The summed E-state index contributed by atoms with van der Waals surface area (Å²) < 4.78 is 5.47. The maximum atomic E-state index is 12.7. The molecule has 3 rings (SSSR count). The van der Waals surface area contributed by atoms with E-state index in [9.17, 15) is 9.59 Å². The van der Waals surface area contributed by atoms with E-state index in [1.165, 1.54) is 0 Å². The van der Waals surface area contributed by atoms with Gasteiger partial charge < -0.3 is 20.4 Å². The van der Waals surface area contributed by atoms with Crippen molar-refractivity contribution >= 4 is 34.5 Å². The third kappa shape index (κ3) is 6.29. The molecule has 0 aliphatic heterocycles. The Morgan fingerprint density at radius 3 is 2.67 bits per heavy atom. The van der Waals surface area contributed by atoms with Crippen molar-refractivity contribution < 1.29 is 14.3 Å². The molecule has 1 heterocycles. The van der Waals surface area contributed by atoms with Crippen LogP contribution in [-0.2, 0) is 16.0 Å². The van der Waals surface area contributed by atoms with Crippen LogP contribution < -0.4 is 15.4 Å². The van der Waals surface area contributed by atoms with Gasteiger partial charge in [0.1, 0.15) is 11.8 Å². The number of ether oxygens (including phenoxy) is 1. The Morgan fingerprint density at radius 2 is 1.87 bits per heavy atom. The first-order chi connectivity index (χ1) is 14.7. The van der Waals surface area contributed by atoms with E-state index in [1.807, 2.05) is 48.9 Å². The van der Waals surface area contributed by atoms with Crippen LogP contribution in [0.15, 0.2) is 60.8 Å². The number of hydrogen-bond acceptors (Lipinski definition) is 4. The fraction of sp³-hybridized carbons (Fsp3) is 0.304. The molecular formula is C23H27N3O3S. The molecule has 0 aliphatic carbocycles. The molecule has 1 unspecified atom stereocenters. The minimum atomic E-state index is -0.577. The smallest absolute Gasteiger partial charge is 0.258 e. The summed E-state index contributed by atoms with van der Waals surface area (Å²) in [7, 11) is 0. The first kappa shape index (κ1) is 21.8. The Labute approximate surface area is 180 Å². The van der Waals surface area contributed by atoms with E-state index in [0.717, 1.165) is 28.6 Å².